The zero-order valence-electron chi connectivity index (χ0n) is 16.7. The van der Waals surface area contributed by atoms with Gasteiger partial charge in [0.05, 0.1) is 12.1 Å². The van der Waals surface area contributed by atoms with Crippen LogP contribution in [0.15, 0.2) is 0 Å². The molecule has 0 saturated heterocycles. The molecule has 0 heterocycles. The van der Waals surface area contributed by atoms with Crippen LogP contribution in [0, 0.1) is 22.7 Å². The van der Waals surface area contributed by atoms with Crippen LogP contribution in [-0.2, 0) is 10.4 Å². The van der Waals surface area contributed by atoms with Crippen molar-refractivity contribution in [2.75, 3.05) is 13.1 Å². The molecule has 0 aromatic carbocycles. The molecule has 7 heteroatoms. The number of halogens is 1. The molecule has 0 bridgehead atoms. The smallest absolute Gasteiger partial charge is 0.198 e. The predicted molar refractivity (Wildman–Crippen MR) is 107 cm³/mol. The highest BCUT2D eigenvalue weighted by atomic mass is 32.3. The lowest BCUT2D eigenvalue weighted by Crippen LogP contribution is -2.30. The summed E-state index contributed by atoms with van der Waals surface area (Å²) < 4.78 is 36.9. The van der Waals surface area contributed by atoms with E-state index in [2.05, 4.69) is 12.1 Å². The van der Waals surface area contributed by atoms with Crippen LogP contribution in [0.25, 0.3) is 0 Å². The van der Waals surface area contributed by atoms with Gasteiger partial charge in [0.25, 0.3) is 0 Å². The Morgan fingerprint density at radius 1 is 0.593 bits per heavy atom. The van der Waals surface area contributed by atoms with Crippen molar-refractivity contribution < 1.29 is 12.3 Å². The first kappa shape index (κ1) is 25.8. The van der Waals surface area contributed by atoms with Gasteiger partial charge in [-0.3, -0.25) is 0 Å². The SMILES string of the molecule is N#CCCCCCCCCCN(CCCCCCCCCC#N)S(=O)(=O)F. The highest BCUT2D eigenvalue weighted by molar-refractivity contribution is 7.83. The van der Waals surface area contributed by atoms with Gasteiger partial charge in [-0.2, -0.15) is 23.2 Å². The molecule has 0 N–H and O–H groups in total. The molecule has 0 aliphatic carbocycles. The third kappa shape index (κ3) is 18.0. The van der Waals surface area contributed by atoms with E-state index in [1.54, 1.807) is 0 Å². The minimum absolute atomic E-state index is 0.265. The first-order valence-corrected chi connectivity index (χ1v) is 11.8. The fourth-order valence-electron chi connectivity index (χ4n) is 3.08. The van der Waals surface area contributed by atoms with E-state index in [-0.39, 0.29) is 13.1 Å². The Morgan fingerprint density at radius 3 is 1.19 bits per heavy atom. The topological polar surface area (TPSA) is 85.0 Å². The van der Waals surface area contributed by atoms with Gasteiger partial charge < -0.3 is 0 Å². The van der Waals surface area contributed by atoms with E-state index in [1.807, 2.05) is 0 Å². The summed E-state index contributed by atoms with van der Waals surface area (Å²) in [5.74, 6) is 0. The van der Waals surface area contributed by atoms with E-state index < -0.39 is 10.4 Å². The quantitative estimate of drug-likeness (QED) is 0.202. The van der Waals surface area contributed by atoms with Gasteiger partial charge in [-0.1, -0.05) is 68.1 Å². The normalized spacial score (nSPS) is 11.4. The molecule has 0 unspecified atom stereocenters. The van der Waals surface area contributed by atoms with Gasteiger partial charge in [0.15, 0.2) is 0 Å². The number of nitrogens with zero attached hydrogens (tertiary/aromatic N) is 3. The highest BCUT2D eigenvalue weighted by Gasteiger charge is 2.19. The van der Waals surface area contributed by atoms with Crippen molar-refractivity contribution in [2.24, 2.45) is 0 Å². The Hall–Kier alpha value is -1.18. The van der Waals surface area contributed by atoms with Crippen LogP contribution in [0.5, 0.6) is 0 Å². The number of unbranched alkanes of at least 4 members (excludes halogenated alkanes) is 14. The third-order valence-corrected chi connectivity index (χ3v) is 5.68. The number of hydrogen-bond donors (Lipinski definition) is 0. The van der Waals surface area contributed by atoms with Crippen molar-refractivity contribution in [3.05, 3.63) is 0 Å². The Bertz CT molecular complexity index is 494. The summed E-state index contributed by atoms with van der Waals surface area (Å²) in [5.41, 5.74) is 0. The van der Waals surface area contributed by atoms with E-state index in [4.69, 9.17) is 10.5 Å². The van der Waals surface area contributed by atoms with Gasteiger partial charge in [-0.15, -0.1) is 0 Å². The molecule has 0 saturated carbocycles. The van der Waals surface area contributed by atoms with Crippen molar-refractivity contribution >= 4 is 10.4 Å². The third-order valence-electron chi connectivity index (χ3n) is 4.70. The second kappa shape index (κ2) is 18.2. The van der Waals surface area contributed by atoms with Gasteiger partial charge in [0.1, 0.15) is 0 Å². The fraction of sp³-hybridized carbons (Fsp3) is 0.900. The van der Waals surface area contributed by atoms with Crippen LogP contribution >= 0.6 is 0 Å². The maximum atomic E-state index is 13.4. The molecule has 0 rings (SSSR count). The van der Waals surface area contributed by atoms with Crippen LogP contribution in [0.4, 0.5) is 3.89 Å². The van der Waals surface area contributed by atoms with E-state index in [9.17, 15) is 12.3 Å². The first-order chi connectivity index (χ1) is 13.0. The molecule has 0 aromatic heterocycles. The molecule has 27 heavy (non-hydrogen) atoms. The van der Waals surface area contributed by atoms with Crippen molar-refractivity contribution in [2.45, 2.75) is 103 Å². The molecule has 0 atom stereocenters. The van der Waals surface area contributed by atoms with E-state index in [0.29, 0.717) is 25.7 Å². The van der Waals surface area contributed by atoms with Crippen molar-refractivity contribution in [3.8, 4) is 12.1 Å². The first-order valence-electron chi connectivity index (χ1n) is 10.5. The van der Waals surface area contributed by atoms with Crippen LogP contribution in [0.3, 0.4) is 0 Å². The average molecular weight is 402 g/mol. The molecule has 0 radical (unpaired) electrons. The van der Waals surface area contributed by atoms with Gasteiger partial charge in [-0.05, 0) is 25.7 Å². The van der Waals surface area contributed by atoms with Crippen LogP contribution in [0.2, 0.25) is 0 Å². The lowest BCUT2D eigenvalue weighted by Gasteiger charge is -2.17. The standard InChI is InChI=1S/C20H36FN3O2S/c21-27(25,26)24(19-15-11-7-3-1-5-9-13-17-22)20-16-12-8-4-2-6-10-14-18-23/h1-16,19-20H2. The molecular weight excluding hydrogens is 365 g/mol. The fourth-order valence-corrected chi connectivity index (χ4v) is 3.78. The second-order valence-electron chi connectivity index (χ2n) is 7.11. The summed E-state index contributed by atoms with van der Waals surface area (Å²) in [7, 11) is -4.61. The minimum atomic E-state index is -4.61. The maximum absolute atomic E-state index is 13.4. The van der Waals surface area contributed by atoms with Crippen LogP contribution in [0.1, 0.15) is 103 Å². The van der Waals surface area contributed by atoms with E-state index in [1.165, 1.54) is 0 Å². The average Bonchev–Trinajstić information content (AvgIpc) is 2.62. The van der Waals surface area contributed by atoms with Gasteiger partial charge in [0, 0.05) is 25.9 Å². The summed E-state index contributed by atoms with van der Waals surface area (Å²) in [6.45, 7) is 0.531. The van der Waals surface area contributed by atoms with Crippen molar-refractivity contribution in [1.82, 2.24) is 4.31 Å². The predicted octanol–water partition coefficient (Wildman–Crippen LogP) is 5.79. The zero-order chi connectivity index (χ0) is 20.2. The molecule has 0 aliphatic heterocycles. The number of nitriles is 2. The monoisotopic (exact) mass is 401 g/mol. The summed E-state index contributed by atoms with van der Waals surface area (Å²) in [4.78, 5) is 0. The maximum Gasteiger partial charge on any atom is 0.374 e. The molecule has 0 aliphatic rings. The Balaban J connectivity index is 3.70. The molecule has 5 nitrogen and oxygen atoms in total. The summed E-state index contributed by atoms with van der Waals surface area (Å²) >= 11 is 0. The van der Waals surface area contributed by atoms with Crippen LogP contribution < -0.4 is 0 Å². The summed E-state index contributed by atoms with van der Waals surface area (Å²) in [6, 6.07) is 4.27. The molecule has 0 amide bonds. The van der Waals surface area contributed by atoms with E-state index in [0.717, 1.165) is 81.4 Å². The van der Waals surface area contributed by atoms with Crippen molar-refractivity contribution in [3.63, 3.8) is 0 Å². The summed E-state index contributed by atoms with van der Waals surface area (Å²) in [6.07, 6.45) is 14.9. The Morgan fingerprint density at radius 2 is 0.889 bits per heavy atom. The molecule has 0 spiro atoms. The number of rotatable bonds is 19. The highest BCUT2D eigenvalue weighted by Crippen LogP contribution is 2.13. The molecule has 0 fully saturated rings. The van der Waals surface area contributed by atoms with Crippen molar-refractivity contribution in [1.29, 1.82) is 10.5 Å². The summed E-state index contributed by atoms with van der Waals surface area (Å²) in [5, 5.41) is 16.9. The minimum Gasteiger partial charge on any atom is -0.198 e. The zero-order valence-corrected chi connectivity index (χ0v) is 17.5. The van der Waals surface area contributed by atoms with Gasteiger partial charge in [0.2, 0.25) is 0 Å². The van der Waals surface area contributed by atoms with Gasteiger partial charge >= 0.3 is 10.4 Å². The largest absolute Gasteiger partial charge is 0.374 e. The molecule has 0 aromatic rings. The Kier molecular flexibility index (Phi) is 17.4. The molecule has 156 valence electrons. The second-order valence-corrected chi connectivity index (χ2v) is 8.45. The lowest BCUT2D eigenvalue weighted by molar-refractivity contribution is 0.362. The lowest BCUT2D eigenvalue weighted by atomic mass is 10.1. The Labute approximate surface area is 165 Å². The number of hydrogen-bond acceptors (Lipinski definition) is 4. The van der Waals surface area contributed by atoms with Gasteiger partial charge in [-0.25, -0.2) is 0 Å². The van der Waals surface area contributed by atoms with Crippen LogP contribution in [-0.4, -0.2) is 25.8 Å². The van der Waals surface area contributed by atoms with E-state index >= 15 is 0 Å². The molecular formula is C20H36FN3O2S.